The van der Waals surface area contributed by atoms with Gasteiger partial charge in [0.2, 0.25) is 0 Å². The Hall–Kier alpha value is -2.18. The maximum atomic E-state index is 11.2. The first-order chi connectivity index (χ1) is 12.0. The third kappa shape index (κ3) is 3.60. The fourth-order valence-electron chi connectivity index (χ4n) is 3.59. The van der Waals surface area contributed by atoms with E-state index in [1.54, 1.807) is 6.07 Å². The van der Waals surface area contributed by atoms with Gasteiger partial charge in [-0.25, -0.2) is 0 Å². The predicted octanol–water partition coefficient (Wildman–Crippen LogP) is 2.70. The van der Waals surface area contributed by atoms with Crippen molar-refractivity contribution in [2.24, 2.45) is 5.16 Å². The van der Waals surface area contributed by atoms with Crippen molar-refractivity contribution in [2.45, 2.75) is 51.4 Å². The summed E-state index contributed by atoms with van der Waals surface area (Å²) < 4.78 is 11.2. The number of nitrogens with zero attached hydrogens (tertiary/aromatic N) is 1. The lowest BCUT2D eigenvalue weighted by Gasteiger charge is -2.28. The summed E-state index contributed by atoms with van der Waals surface area (Å²) in [4.78, 5) is 16.2. The second-order valence-corrected chi connectivity index (χ2v) is 6.27. The Morgan fingerprint density at radius 3 is 2.92 bits per heavy atom. The number of oxime groups is 1. The molecule has 0 aliphatic carbocycles. The average Bonchev–Trinajstić information content (AvgIpc) is 2.87. The fourth-order valence-corrected chi connectivity index (χ4v) is 3.59. The molecule has 0 saturated carbocycles. The highest BCUT2D eigenvalue weighted by atomic mass is 16.6. The number of carbonyl (C=O) groups excluding carboxylic acids is 1. The van der Waals surface area contributed by atoms with Gasteiger partial charge in [-0.15, -0.1) is 0 Å². The highest BCUT2D eigenvalue weighted by Crippen LogP contribution is 2.42. The van der Waals surface area contributed by atoms with Crippen LogP contribution in [-0.2, 0) is 14.4 Å². The van der Waals surface area contributed by atoms with Crippen molar-refractivity contribution in [3.8, 4) is 5.75 Å². The van der Waals surface area contributed by atoms with Crippen molar-refractivity contribution in [2.75, 3.05) is 7.11 Å². The van der Waals surface area contributed by atoms with Crippen LogP contribution in [0.4, 0.5) is 0 Å². The summed E-state index contributed by atoms with van der Waals surface area (Å²) >= 11 is 0. The number of hydrogen-bond acceptors (Lipinski definition) is 6. The van der Waals surface area contributed by atoms with Crippen LogP contribution in [0.3, 0.4) is 0 Å². The molecule has 0 spiro atoms. The number of carbonyl (C=O) groups is 1. The number of hydrogen-bond donors (Lipinski definition) is 1. The highest BCUT2D eigenvalue weighted by molar-refractivity contribution is 6.07. The lowest BCUT2D eigenvalue weighted by Crippen LogP contribution is -2.31. The Balaban J connectivity index is 2.10. The molecule has 1 aromatic carbocycles. The van der Waals surface area contributed by atoms with Gasteiger partial charge < -0.3 is 19.4 Å². The summed E-state index contributed by atoms with van der Waals surface area (Å²) in [5.41, 5.74) is 3.65. The molecule has 3 unspecified atom stereocenters. The summed E-state index contributed by atoms with van der Waals surface area (Å²) in [6, 6.07) is 7.41. The number of benzene rings is 1. The normalized spacial score (nSPS) is 25.9. The maximum absolute atomic E-state index is 11.2. The van der Waals surface area contributed by atoms with E-state index in [0.29, 0.717) is 25.0 Å². The van der Waals surface area contributed by atoms with Crippen LogP contribution in [0, 0.1) is 0 Å². The average molecular weight is 345 g/mol. The molecule has 1 N–H and O–H groups in total. The molecule has 6 heteroatoms. The van der Waals surface area contributed by atoms with Gasteiger partial charge in [0.15, 0.2) is 0 Å². The topological polar surface area (TPSA) is 77.4 Å². The zero-order valence-electron chi connectivity index (χ0n) is 14.7. The molecular weight excluding hydrogens is 322 g/mol. The highest BCUT2D eigenvalue weighted by Gasteiger charge is 2.43. The van der Waals surface area contributed by atoms with Gasteiger partial charge in [0, 0.05) is 18.9 Å². The van der Waals surface area contributed by atoms with Crippen LogP contribution in [0.1, 0.15) is 38.7 Å². The van der Waals surface area contributed by atoms with Crippen molar-refractivity contribution in [1.29, 1.82) is 0 Å². The van der Waals surface area contributed by atoms with E-state index in [1.807, 2.05) is 25.1 Å². The van der Waals surface area contributed by atoms with E-state index in [9.17, 15) is 9.90 Å². The maximum Gasteiger partial charge on any atom is 0.308 e. The van der Waals surface area contributed by atoms with E-state index in [1.165, 1.54) is 14.0 Å². The summed E-state index contributed by atoms with van der Waals surface area (Å²) in [7, 11) is 1.51. The Morgan fingerprint density at radius 2 is 2.24 bits per heavy atom. The van der Waals surface area contributed by atoms with E-state index < -0.39 is 12.2 Å². The molecule has 6 nitrogen and oxygen atoms in total. The molecule has 134 valence electrons. The lowest BCUT2D eigenvalue weighted by atomic mass is 9.88. The van der Waals surface area contributed by atoms with Crippen LogP contribution in [-0.4, -0.2) is 42.2 Å². The molecule has 0 radical (unpaired) electrons. The first kappa shape index (κ1) is 17.6. The molecule has 25 heavy (non-hydrogen) atoms. The summed E-state index contributed by atoms with van der Waals surface area (Å²) in [6.07, 6.45) is 0.966. The summed E-state index contributed by atoms with van der Waals surface area (Å²) in [6.45, 7) is 3.37. The number of aliphatic hydroxyl groups is 1. The number of aliphatic hydroxyl groups excluding tert-OH is 1. The van der Waals surface area contributed by atoms with Crippen LogP contribution in [0.15, 0.2) is 35.0 Å². The van der Waals surface area contributed by atoms with Crippen molar-refractivity contribution in [1.82, 2.24) is 0 Å². The Labute approximate surface area is 147 Å². The number of ether oxygens (including phenoxy) is 2. The molecule has 2 heterocycles. The quantitative estimate of drug-likeness (QED) is 0.384. The monoisotopic (exact) mass is 345 g/mol. The van der Waals surface area contributed by atoms with Crippen molar-refractivity contribution >= 4 is 17.3 Å². The molecule has 0 aromatic heterocycles. The van der Waals surface area contributed by atoms with E-state index in [4.69, 9.17) is 14.3 Å². The summed E-state index contributed by atoms with van der Waals surface area (Å²) in [5, 5.41) is 14.5. The van der Waals surface area contributed by atoms with Gasteiger partial charge in [-0.3, -0.25) is 4.79 Å². The molecular formula is C19H23NO5. The van der Waals surface area contributed by atoms with E-state index >= 15 is 0 Å². The molecule has 1 aromatic rings. The van der Waals surface area contributed by atoms with Gasteiger partial charge in [-0.2, -0.15) is 0 Å². The zero-order chi connectivity index (χ0) is 18.0. The third-order valence-corrected chi connectivity index (χ3v) is 4.53. The van der Waals surface area contributed by atoms with Crippen LogP contribution in [0.25, 0.3) is 5.57 Å². The predicted molar refractivity (Wildman–Crippen MR) is 93.3 cm³/mol. The largest absolute Gasteiger partial charge is 0.427 e. The van der Waals surface area contributed by atoms with Crippen molar-refractivity contribution < 1.29 is 24.2 Å². The second-order valence-electron chi connectivity index (χ2n) is 6.27. The molecule has 3 atom stereocenters. The Morgan fingerprint density at radius 1 is 1.44 bits per heavy atom. The first-order valence-electron chi connectivity index (χ1n) is 8.49. The molecule has 1 saturated heterocycles. The lowest BCUT2D eigenvalue weighted by molar-refractivity contribution is -0.131. The molecule has 2 aliphatic heterocycles. The van der Waals surface area contributed by atoms with Gasteiger partial charge in [-0.1, -0.05) is 24.2 Å². The Bertz CT molecular complexity index is 724. The molecule has 1 fully saturated rings. The fraction of sp³-hybridized carbons (Fsp3) is 0.474. The second kappa shape index (κ2) is 7.37. The van der Waals surface area contributed by atoms with E-state index in [0.717, 1.165) is 22.4 Å². The van der Waals surface area contributed by atoms with Gasteiger partial charge >= 0.3 is 5.97 Å². The minimum Gasteiger partial charge on any atom is -0.427 e. The van der Waals surface area contributed by atoms with Crippen LogP contribution in [0.2, 0.25) is 0 Å². The number of rotatable bonds is 5. The molecule has 2 bridgehead atoms. The standard InChI is InChI=1S/C19H23NO5/c1-4-16(20-23-3)18-15(9-14-10-17(22)19(18)25-14)12-6-5-7-13(8-12)24-11(2)21/h5-8,14,17,19,22H,4,9-10H2,1-3H3. The SMILES string of the molecule is CCC(=NOC)C1=C(c2cccc(OC(C)=O)c2)CC2CC(O)C1O2. The third-order valence-electron chi connectivity index (χ3n) is 4.53. The van der Waals surface area contributed by atoms with Gasteiger partial charge in [0.1, 0.15) is 19.0 Å². The van der Waals surface area contributed by atoms with Crippen molar-refractivity contribution in [3.05, 3.63) is 35.4 Å². The minimum absolute atomic E-state index is 0.0169. The van der Waals surface area contributed by atoms with Gasteiger partial charge in [0.05, 0.1) is 17.9 Å². The van der Waals surface area contributed by atoms with Gasteiger partial charge in [0.25, 0.3) is 0 Å². The minimum atomic E-state index is -0.553. The zero-order valence-corrected chi connectivity index (χ0v) is 14.7. The first-order valence-corrected chi connectivity index (χ1v) is 8.49. The summed E-state index contributed by atoms with van der Waals surface area (Å²) in [5.74, 6) is 0.141. The van der Waals surface area contributed by atoms with Crippen LogP contribution < -0.4 is 4.74 Å². The Kier molecular flexibility index (Phi) is 5.20. The van der Waals surface area contributed by atoms with E-state index in [-0.39, 0.29) is 12.1 Å². The van der Waals surface area contributed by atoms with E-state index in [2.05, 4.69) is 5.16 Å². The van der Waals surface area contributed by atoms with Crippen molar-refractivity contribution in [3.63, 3.8) is 0 Å². The molecule has 3 rings (SSSR count). The molecule has 0 amide bonds. The number of esters is 1. The number of fused-ring (bicyclic) bond motifs is 2. The van der Waals surface area contributed by atoms with Crippen LogP contribution in [0.5, 0.6) is 5.75 Å². The van der Waals surface area contributed by atoms with Crippen LogP contribution >= 0.6 is 0 Å². The smallest absolute Gasteiger partial charge is 0.308 e. The van der Waals surface area contributed by atoms with Gasteiger partial charge in [-0.05, 0) is 36.1 Å². The molecule has 2 aliphatic rings.